The molecule has 0 aliphatic rings. The van der Waals surface area contributed by atoms with Crippen LogP contribution >= 0.6 is 0 Å². The number of ketones is 1. The van der Waals surface area contributed by atoms with Crippen LogP contribution in [-0.2, 0) is 6.54 Å². The summed E-state index contributed by atoms with van der Waals surface area (Å²) in [7, 11) is 1.98. The van der Waals surface area contributed by atoms with Gasteiger partial charge in [0, 0.05) is 18.3 Å². The summed E-state index contributed by atoms with van der Waals surface area (Å²) in [6.45, 7) is 2.72. The van der Waals surface area contributed by atoms with Gasteiger partial charge in [-0.05, 0) is 25.6 Å². The van der Waals surface area contributed by atoms with Gasteiger partial charge in [0.1, 0.15) is 0 Å². The van der Waals surface area contributed by atoms with E-state index in [1.165, 1.54) is 0 Å². The van der Waals surface area contributed by atoms with E-state index in [0.717, 1.165) is 17.7 Å². The van der Waals surface area contributed by atoms with E-state index in [9.17, 15) is 4.79 Å². The average molecular weight is 268 g/mol. The van der Waals surface area contributed by atoms with Gasteiger partial charge >= 0.3 is 0 Å². The van der Waals surface area contributed by atoms with E-state index in [1.54, 1.807) is 6.20 Å². The van der Waals surface area contributed by atoms with Gasteiger partial charge in [-0.3, -0.25) is 14.7 Å². The molecule has 0 aliphatic carbocycles. The molecule has 3 nitrogen and oxygen atoms in total. The number of Topliss-reactive ketones (excluding diaryl/α,β-unsaturated/α-hetero) is 1. The zero-order valence-electron chi connectivity index (χ0n) is 12.0. The quantitative estimate of drug-likeness (QED) is 0.754. The average Bonchev–Trinajstić information content (AvgIpc) is 2.49. The molecule has 0 radical (unpaired) electrons. The van der Waals surface area contributed by atoms with Gasteiger partial charge in [-0.25, -0.2) is 0 Å². The summed E-state index contributed by atoms with van der Waals surface area (Å²) in [5.74, 6) is 0.173. The molecule has 1 aromatic carbocycles. The minimum Gasteiger partial charge on any atom is -0.292 e. The molecule has 0 aliphatic heterocycles. The number of hydrogen-bond donors (Lipinski definition) is 0. The molecule has 104 valence electrons. The Labute approximate surface area is 120 Å². The maximum Gasteiger partial charge on any atom is 0.179 e. The van der Waals surface area contributed by atoms with E-state index in [2.05, 4.69) is 9.88 Å². The van der Waals surface area contributed by atoms with Crippen LogP contribution in [0.25, 0.3) is 0 Å². The van der Waals surface area contributed by atoms with Crippen LogP contribution in [0.15, 0.2) is 54.7 Å². The second-order valence-corrected chi connectivity index (χ2v) is 4.89. The minimum atomic E-state index is -0.112. The zero-order valence-corrected chi connectivity index (χ0v) is 12.0. The summed E-state index contributed by atoms with van der Waals surface area (Å²) in [6.07, 6.45) is 2.57. The van der Waals surface area contributed by atoms with Crippen LogP contribution in [-0.4, -0.2) is 28.8 Å². The number of likely N-dealkylation sites (N-methyl/N-ethyl adjacent to an activating group) is 1. The second-order valence-electron chi connectivity index (χ2n) is 4.89. The molecule has 0 saturated carbocycles. The molecule has 2 rings (SSSR count). The summed E-state index contributed by atoms with van der Waals surface area (Å²) in [6, 6.07) is 15.2. The largest absolute Gasteiger partial charge is 0.292 e. The number of nitrogens with zero attached hydrogens (tertiary/aromatic N) is 2. The molecule has 3 heteroatoms. The maximum absolute atomic E-state index is 12.5. The third kappa shape index (κ3) is 3.52. The van der Waals surface area contributed by atoms with E-state index < -0.39 is 0 Å². The molecular formula is C17H20N2O. The summed E-state index contributed by atoms with van der Waals surface area (Å²) in [5, 5.41) is 0. The lowest BCUT2D eigenvalue weighted by Crippen LogP contribution is -2.37. The summed E-state index contributed by atoms with van der Waals surface area (Å²) < 4.78 is 0. The highest BCUT2D eigenvalue weighted by molar-refractivity contribution is 6.00. The van der Waals surface area contributed by atoms with Crippen molar-refractivity contribution in [1.29, 1.82) is 0 Å². The molecule has 20 heavy (non-hydrogen) atoms. The fraction of sp³-hybridized carbons (Fsp3) is 0.294. The number of aromatic nitrogens is 1. The van der Waals surface area contributed by atoms with Crippen molar-refractivity contribution in [1.82, 2.24) is 9.88 Å². The summed E-state index contributed by atoms with van der Waals surface area (Å²) in [4.78, 5) is 18.9. The fourth-order valence-corrected chi connectivity index (χ4v) is 2.35. The Morgan fingerprint density at radius 3 is 2.45 bits per heavy atom. The highest BCUT2D eigenvalue weighted by atomic mass is 16.1. The molecule has 0 N–H and O–H groups in total. The van der Waals surface area contributed by atoms with Crippen molar-refractivity contribution in [2.24, 2.45) is 0 Å². The van der Waals surface area contributed by atoms with Gasteiger partial charge in [-0.15, -0.1) is 0 Å². The van der Waals surface area contributed by atoms with Gasteiger partial charge in [-0.1, -0.05) is 43.3 Å². The summed E-state index contributed by atoms with van der Waals surface area (Å²) in [5.41, 5.74) is 1.75. The van der Waals surface area contributed by atoms with E-state index in [-0.39, 0.29) is 11.8 Å². The van der Waals surface area contributed by atoms with Crippen molar-refractivity contribution < 1.29 is 4.79 Å². The molecule has 0 spiro atoms. The van der Waals surface area contributed by atoms with Crippen LogP contribution in [0.3, 0.4) is 0 Å². The number of benzene rings is 1. The van der Waals surface area contributed by atoms with Crippen LogP contribution in [0.4, 0.5) is 0 Å². The lowest BCUT2D eigenvalue weighted by molar-refractivity contribution is 0.0837. The molecule has 2 aromatic rings. The molecule has 1 unspecified atom stereocenters. The first-order chi connectivity index (χ1) is 9.72. The lowest BCUT2D eigenvalue weighted by atomic mass is 10.0. The Morgan fingerprint density at radius 2 is 1.85 bits per heavy atom. The monoisotopic (exact) mass is 268 g/mol. The maximum atomic E-state index is 12.5. The van der Waals surface area contributed by atoms with E-state index in [0.29, 0.717) is 6.54 Å². The smallest absolute Gasteiger partial charge is 0.179 e. The van der Waals surface area contributed by atoms with Crippen molar-refractivity contribution >= 4 is 5.78 Å². The Morgan fingerprint density at radius 1 is 1.15 bits per heavy atom. The Balaban J connectivity index is 2.10. The second kappa shape index (κ2) is 6.96. The van der Waals surface area contributed by atoms with Gasteiger partial charge < -0.3 is 0 Å². The van der Waals surface area contributed by atoms with Crippen molar-refractivity contribution in [2.45, 2.75) is 25.9 Å². The number of hydrogen-bond acceptors (Lipinski definition) is 3. The zero-order chi connectivity index (χ0) is 14.4. The fourth-order valence-electron chi connectivity index (χ4n) is 2.35. The number of carbonyl (C=O) groups is 1. The SMILES string of the molecule is CCC(C(=O)c1ccccc1)N(C)Cc1ccccn1. The van der Waals surface area contributed by atoms with Gasteiger partial charge in [0.2, 0.25) is 0 Å². The third-order valence-corrected chi connectivity index (χ3v) is 3.42. The lowest BCUT2D eigenvalue weighted by Gasteiger charge is -2.25. The topological polar surface area (TPSA) is 33.2 Å². The highest BCUT2D eigenvalue weighted by Crippen LogP contribution is 2.13. The number of pyridine rings is 1. The molecule has 1 heterocycles. The minimum absolute atomic E-state index is 0.112. The van der Waals surface area contributed by atoms with Gasteiger partial charge in [0.05, 0.1) is 11.7 Å². The van der Waals surface area contributed by atoms with Gasteiger partial charge in [0.25, 0.3) is 0 Å². The van der Waals surface area contributed by atoms with Gasteiger partial charge in [-0.2, -0.15) is 0 Å². The predicted molar refractivity (Wildman–Crippen MR) is 80.6 cm³/mol. The van der Waals surface area contributed by atoms with E-state index >= 15 is 0 Å². The first kappa shape index (κ1) is 14.4. The number of carbonyl (C=O) groups excluding carboxylic acids is 1. The van der Waals surface area contributed by atoms with Crippen molar-refractivity contribution in [3.8, 4) is 0 Å². The predicted octanol–water partition coefficient (Wildman–Crippen LogP) is 3.17. The van der Waals surface area contributed by atoms with Crippen LogP contribution in [0.2, 0.25) is 0 Å². The molecule has 0 saturated heterocycles. The highest BCUT2D eigenvalue weighted by Gasteiger charge is 2.22. The molecule has 1 aromatic heterocycles. The Bertz CT molecular complexity index is 539. The van der Waals surface area contributed by atoms with Crippen LogP contribution in [0.1, 0.15) is 29.4 Å². The first-order valence-electron chi connectivity index (χ1n) is 6.91. The molecule has 0 amide bonds. The van der Waals surface area contributed by atoms with Gasteiger partial charge in [0.15, 0.2) is 5.78 Å². The molecular weight excluding hydrogens is 248 g/mol. The molecule has 0 fully saturated rings. The first-order valence-corrected chi connectivity index (χ1v) is 6.91. The third-order valence-electron chi connectivity index (χ3n) is 3.42. The van der Waals surface area contributed by atoms with Crippen molar-refractivity contribution in [3.63, 3.8) is 0 Å². The summed E-state index contributed by atoms with van der Waals surface area (Å²) >= 11 is 0. The van der Waals surface area contributed by atoms with Crippen LogP contribution in [0, 0.1) is 0 Å². The molecule has 1 atom stereocenters. The number of rotatable bonds is 6. The van der Waals surface area contributed by atoms with E-state index in [4.69, 9.17) is 0 Å². The standard InChI is InChI=1S/C17H20N2O/c1-3-16(17(20)14-9-5-4-6-10-14)19(2)13-15-11-7-8-12-18-15/h4-12,16H,3,13H2,1-2H3. The van der Waals surface area contributed by atoms with Crippen LogP contribution in [0.5, 0.6) is 0 Å². The van der Waals surface area contributed by atoms with Crippen LogP contribution < -0.4 is 0 Å². The van der Waals surface area contributed by atoms with E-state index in [1.807, 2.05) is 62.5 Å². The Hall–Kier alpha value is -2.00. The van der Waals surface area contributed by atoms with Crippen molar-refractivity contribution in [2.75, 3.05) is 7.05 Å². The Kier molecular flexibility index (Phi) is 5.02. The van der Waals surface area contributed by atoms with Crippen molar-refractivity contribution in [3.05, 3.63) is 66.0 Å². The normalized spacial score (nSPS) is 12.3. The molecule has 0 bridgehead atoms.